The molecule has 0 aliphatic carbocycles. The molecule has 1 aliphatic rings. The average molecular weight is 335 g/mol. The minimum absolute atomic E-state index is 0.310. The average Bonchev–Trinajstić information content (AvgIpc) is 2.83. The lowest BCUT2D eigenvalue weighted by molar-refractivity contribution is 0.0531. The number of thiophene rings is 1. The van der Waals surface area contributed by atoms with Crippen molar-refractivity contribution >= 4 is 33.3 Å². The van der Waals surface area contributed by atoms with Gasteiger partial charge in [0.05, 0.1) is 18.1 Å². The van der Waals surface area contributed by atoms with Gasteiger partial charge in [0.2, 0.25) is 0 Å². The number of ether oxygens (including phenoxy) is 1. The van der Waals surface area contributed by atoms with Crippen molar-refractivity contribution in [3.05, 3.63) is 16.3 Å². The second-order valence-electron chi connectivity index (χ2n) is 5.79. The highest BCUT2D eigenvalue weighted by Gasteiger charge is 2.26. The largest absolute Gasteiger partial charge is 0.462 e. The van der Waals surface area contributed by atoms with Gasteiger partial charge in [0.25, 0.3) is 0 Å². The maximum absolute atomic E-state index is 12.1. The van der Waals surface area contributed by atoms with E-state index in [-0.39, 0.29) is 12.1 Å². The Labute approximate surface area is 139 Å². The first-order valence-corrected chi connectivity index (χ1v) is 8.70. The van der Waals surface area contributed by atoms with E-state index in [4.69, 9.17) is 4.74 Å². The fraction of sp³-hybridized carbons (Fsp3) is 0.562. The van der Waals surface area contributed by atoms with Gasteiger partial charge in [-0.05, 0) is 39.2 Å². The van der Waals surface area contributed by atoms with Gasteiger partial charge in [0, 0.05) is 13.1 Å². The molecule has 1 aliphatic heterocycles. The number of rotatable bonds is 3. The van der Waals surface area contributed by atoms with Crippen molar-refractivity contribution in [3.8, 4) is 0 Å². The lowest BCUT2D eigenvalue weighted by Gasteiger charge is -2.31. The van der Waals surface area contributed by atoms with Crippen molar-refractivity contribution < 1.29 is 14.6 Å². The first-order valence-electron chi connectivity index (χ1n) is 7.89. The Kier molecular flexibility index (Phi) is 4.50. The lowest BCUT2D eigenvalue weighted by atomic mass is 10.1. The Hall–Kier alpha value is -1.73. The number of piperidine rings is 1. The van der Waals surface area contributed by atoms with Gasteiger partial charge < -0.3 is 14.7 Å². The summed E-state index contributed by atoms with van der Waals surface area (Å²) < 4.78 is 5.14. The standard InChI is InChI=1S/C16H21N3O3S/c1-4-22-16(21)13-9(2)12-14(17-10(3)18-15(12)23-13)19-7-5-6-11(20)8-19/h11,20H,4-8H2,1-3H3. The maximum atomic E-state index is 12.1. The molecule has 3 heterocycles. The van der Waals surface area contributed by atoms with Crippen LogP contribution < -0.4 is 4.90 Å². The van der Waals surface area contributed by atoms with Gasteiger partial charge in [-0.1, -0.05) is 0 Å². The number of hydrogen-bond acceptors (Lipinski definition) is 7. The summed E-state index contributed by atoms with van der Waals surface area (Å²) in [5.74, 6) is 1.18. The number of β-amino-alcohol motifs (C(OH)–C–C–N with tert-alkyl or cyclic N) is 1. The number of hydrogen-bond donors (Lipinski definition) is 1. The van der Waals surface area contributed by atoms with Gasteiger partial charge in [-0.15, -0.1) is 11.3 Å². The fourth-order valence-corrected chi connectivity index (χ4v) is 4.10. The molecule has 1 atom stereocenters. The number of aliphatic hydroxyl groups is 1. The van der Waals surface area contributed by atoms with Crippen molar-refractivity contribution in [2.45, 2.75) is 39.7 Å². The molecule has 0 amide bonds. The van der Waals surface area contributed by atoms with Crippen molar-refractivity contribution in [1.29, 1.82) is 0 Å². The molecule has 7 heteroatoms. The number of fused-ring (bicyclic) bond motifs is 1. The number of carbonyl (C=O) groups is 1. The van der Waals surface area contributed by atoms with E-state index in [0.29, 0.717) is 23.9 Å². The highest BCUT2D eigenvalue weighted by Crippen LogP contribution is 2.36. The summed E-state index contributed by atoms with van der Waals surface area (Å²) in [4.78, 5) is 24.7. The van der Waals surface area contributed by atoms with Crippen LogP contribution in [0.3, 0.4) is 0 Å². The predicted octanol–water partition coefficient (Wildman–Crippen LogP) is 2.45. The Morgan fingerprint density at radius 1 is 1.43 bits per heavy atom. The number of aryl methyl sites for hydroxylation is 2. The molecule has 2 aromatic heterocycles. The van der Waals surface area contributed by atoms with Crippen LogP contribution in [-0.4, -0.2) is 46.8 Å². The van der Waals surface area contributed by atoms with Crippen LogP contribution in [0.4, 0.5) is 5.82 Å². The van der Waals surface area contributed by atoms with Crippen molar-refractivity contribution in [1.82, 2.24) is 9.97 Å². The number of aromatic nitrogens is 2. The predicted molar refractivity (Wildman–Crippen MR) is 90.3 cm³/mol. The van der Waals surface area contributed by atoms with Gasteiger partial charge >= 0.3 is 5.97 Å². The van der Waals surface area contributed by atoms with Crippen molar-refractivity contribution in [2.75, 3.05) is 24.6 Å². The molecule has 1 N–H and O–H groups in total. The van der Waals surface area contributed by atoms with Crippen LogP contribution in [-0.2, 0) is 4.74 Å². The Balaban J connectivity index is 2.12. The summed E-state index contributed by atoms with van der Waals surface area (Å²) in [5.41, 5.74) is 0.860. The molecule has 0 radical (unpaired) electrons. The van der Waals surface area contributed by atoms with Gasteiger partial charge in [0.1, 0.15) is 21.3 Å². The van der Waals surface area contributed by atoms with Crippen LogP contribution >= 0.6 is 11.3 Å². The zero-order valence-electron chi connectivity index (χ0n) is 13.6. The SMILES string of the molecule is CCOC(=O)c1sc2nc(C)nc(N3CCCC(O)C3)c2c1C. The molecule has 23 heavy (non-hydrogen) atoms. The third-order valence-electron chi connectivity index (χ3n) is 4.04. The van der Waals surface area contributed by atoms with Gasteiger partial charge in [0.15, 0.2) is 0 Å². The monoisotopic (exact) mass is 335 g/mol. The van der Waals surface area contributed by atoms with E-state index in [9.17, 15) is 9.90 Å². The third kappa shape index (κ3) is 3.03. The van der Waals surface area contributed by atoms with E-state index in [0.717, 1.165) is 41.0 Å². The highest BCUT2D eigenvalue weighted by molar-refractivity contribution is 7.20. The van der Waals surface area contributed by atoms with Crippen LogP contribution in [0.5, 0.6) is 0 Å². The molecule has 0 saturated carbocycles. The van der Waals surface area contributed by atoms with Crippen LogP contribution in [0.25, 0.3) is 10.2 Å². The maximum Gasteiger partial charge on any atom is 0.348 e. The molecule has 1 fully saturated rings. The van der Waals surface area contributed by atoms with E-state index in [1.807, 2.05) is 13.8 Å². The fourth-order valence-electron chi connectivity index (χ4n) is 2.99. The van der Waals surface area contributed by atoms with Crippen molar-refractivity contribution in [2.24, 2.45) is 0 Å². The lowest BCUT2D eigenvalue weighted by Crippen LogP contribution is -2.39. The van der Waals surface area contributed by atoms with E-state index in [1.165, 1.54) is 11.3 Å². The number of aliphatic hydroxyl groups excluding tert-OH is 1. The second kappa shape index (κ2) is 6.41. The van der Waals surface area contributed by atoms with Gasteiger partial charge in [-0.3, -0.25) is 0 Å². The van der Waals surface area contributed by atoms with E-state index < -0.39 is 0 Å². The van der Waals surface area contributed by atoms with E-state index in [1.54, 1.807) is 6.92 Å². The number of carbonyl (C=O) groups excluding carboxylic acids is 1. The van der Waals surface area contributed by atoms with Gasteiger partial charge in [-0.2, -0.15) is 0 Å². The van der Waals surface area contributed by atoms with Crippen LogP contribution in [0, 0.1) is 13.8 Å². The molecular formula is C16H21N3O3S. The molecular weight excluding hydrogens is 314 g/mol. The summed E-state index contributed by atoms with van der Waals surface area (Å²) in [7, 11) is 0. The van der Waals surface area contributed by atoms with Crippen LogP contribution in [0.1, 0.15) is 40.8 Å². The minimum Gasteiger partial charge on any atom is -0.462 e. The summed E-state index contributed by atoms with van der Waals surface area (Å²) >= 11 is 1.35. The Bertz CT molecular complexity index is 744. The zero-order chi connectivity index (χ0) is 16.6. The summed E-state index contributed by atoms with van der Waals surface area (Å²) in [6.45, 7) is 7.33. The zero-order valence-corrected chi connectivity index (χ0v) is 14.4. The van der Waals surface area contributed by atoms with Crippen molar-refractivity contribution in [3.63, 3.8) is 0 Å². The molecule has 3 rings (SSSR count). The van der Waals surface area contributed by atoms with E-state index in [2.05, 4.69) is 14.9 Å². The molecule has 2 aromatic rings. The minimum atomic E-state index is -0.336. The van der Waals surface area contributed by atoms with Gasteiger partial charge in [-0.25, -0.2) is 14.8 Å². The summed E-state index contributed by atoms with van der Waals surface area (Å²) in [6, 6.07) is 0. The first kappa shape index (κ1) is 16.1. The Morgan fingerprint density at radius 2 is 2.22 bits per heavy atom. The molecule has 1 unspecified atom stereocenters. The molecule has 0 aromatic carbocycles. The smallest absolute Gasteiger partial charge is 0.348 e. The second-order valence-corrected chi connectivity index (χ2v) is 6.79. The molecule has 1 saturated heterocycles. The molecule has 6 nitrogen and oxygen atoms in total. The summed E-state index contributed by atoms with van der Waals surface area (Å²) in [6.07, 6.45) is 1.41. The van der Waals surface area contributed by atoms with Crippen LogP contribution in [0.2, 0.25) is 0 Å². The topological polar surface area (TPSA) is 75.5 Å². The molecule has 124 valence electrons. The summed E-state index contributed by atoms with van der Waals surface area (Å²) in [5, 5.41) is 10.9. The molecule has 0 spiro atoms. The van der Waals surface area contributed by atoms with Crippen LogP contribution in [0.15, 0.2) is 0 Å². The quantitative estimate of drug-likeness (QED) is 0.868. The number of anilines is 1. The number of nitrogens with zero attached hydrogens (tertiary/aromatic N) is 3. The van der Waals surface area contributed by atoms with E-state index >= 15 is 0 Å². The first-order chi connectivity index (χ1) is 11.0. The third-order valence-corrected chi connectivity index (χ3v) is 5.21. The highest BCUT2D eigenvalue weighted by atomic mass is 32.1. The Morgan fingerprint density at radius 3 is 2.91 bits per heavy atom. The normalized spacial score (nSPS) is 18.4. The molecule has 0 bridgehead atoms. The number of esters is 1.